The van der Waals surface area contributed by atoms with Gasteiger partial charge in [0.1, 0.15) is 11.5 Å². The molecule has 2 heterocycles. The quantitative estimate of drug-likeness (QED) is 0.532. The first kappa shape index (κ1) is 17.9. The van der Waals surface area contributed by atoms with Crippen LogP contribution in [0.5, 0.6) is 0 Å². The first-order chi connectivity index (χ1) is 13.6. The van der Waals surface area contributed by atoms with E-state index in [2.05, 4.69) is 46.8 Å². The molecule has 0 aliphatic heterocycles. The molecule has 140 valence electrons. The van der Waals surface area contributed by atoms with E-state index in [-0.39, 0.29) is 5.91 Å². The Morgan fingerprint density at radius 1 is 1.04 bits per heavy atom. The number of fused-ring (bicyclic) bond motifs is 1. The van der Waals surface area contributed by atoms with Crippen LogP contribution in [-0.2, 0) is 13.1 Å². The second-order valence-corrected chi connectivity index (χ2v) is 6.97. The highest BCUT2D eigenvalue weighted by molar-refractivity contribution is 5.92. The third kappa shape index (κ3) is 3.64. The summed E-state index contributed by atoms with van der Waals surface area (Å²) >= 11 is 0. The zero-order valence-electron chi connectivity index (χ0n) is 16.0. The van der Waals surface area contributed by atoms with Crippen molar-refractivity contribution in [2.75, 3.05) is 7.05 Å². The maximum absolute atomic E-state index is 12.7. The van der Waals surface area contributed by atoms with Gasteiger partial charge in [0, 0.05) is 19.8 Å². The number of carbonyl (C=O) groups is 1. The highest BCUT2D eigenvalue weighted by Gasteiger charge is 2.17. The van der Waals surface area contributed by atoms with Crippen LogP contribution in [-0.4, -0.2) is 32.4 Å². The number of nitrogens with zero attached hydrogens (tertiary/aromatic N) is 4. The van der Waals surface area contributed by atoms with Crippen LogP contribution in [0.1, 0.15) is 27.4 Å². The molecule has 4 aromatic rings. The van der Waals surface area contributed by atoms with Crippen LogP contribution in [0, 0.1) is 6.92 Å². The molecule has 5 heteroatoms. The lowest BCUT2D eigenvalue weighted by Crippen LogP contribution is -2.28. The topological polar surface area (TPSA) is 51.0 Å². The standard InChI is InChI=1S/C23H22N4O/c1-17-8-7-9-18(14-17)15-27-21-12-4-3-10-19(21)25-22(27)16-26(2)23(28)20-11-5-6-13-24-20/h3-14H,15-16H2,1-2H3. The molecule has 0 unspecified atom stereocenters. The van der Waals surface area contributed by atoms with Gasteiger partial charge in [-0.3, -0.25) is 9.78 Å². The Labute approximate surface area is 164 Å². The van der Waals surface area contributed by atoms with Crippen molar-refractivity contribution in [3.8, 4) is 0 Å². The molecule has 0 atom stereocenters. The van der Waals surface area contributed by atoms with Gasteiger partial charge >= 0.3 is 0 Å². The minimum atomic E-state index is -0.116. The molecule has 0 saturated carbocycles. The number of aryl methyl sites for hydroxylation is 1. The molecule has 0 saturated heterocycles. The van der Waals surface area contributed by atoms with Gasteiger partial charge in [-0.05, 0) is 36.8 Å². The number of para-hydroxylation sites is 2. The Morgan fingerprint density at radius 3 is 2.64 bits per heavy atom. The summed E-state index contributed by atoms with van der Waals surface area (Å²) in [5.41, 5.74) is 4.88. The molecule has 0 bridgehead atoms. The predicted octanol–water partition coefficient (Wildman–Crippen LogP) is 4.06. The number of hydrogen-bond acceptors (Lipinski definition) is 3. The molecule has 0 N–H and O–H groups in total. The largest absolute Gasteiger partial charge is 0.333 e. The Hall–Kier alpha value is -3.47. The fraction of sp³-hybridized carbons (Fsp3) is 0.174. The molecule has 5 nitrogen and oxygen atoms in total. The Morgan fingerprint density at radius 2 is 1.86 bits per heavy atom. The Kier molecular flexibility index (Phi) is 4.89. The number of amides is 1. The van der Waals surface area contributed by atoms with Gasteiger partial charge < -0.3 is 9.47 Å². The van der Waals surface area contributed by atoms with Crippen LogP contribution in [0.3, 0.4) is 0 Å². The predicted molar refractivity (Wildman–Crippen MR) is 110 cm³/mol. The summed E-state index contributed by atoms with van der Waals surface area (Å²) in [5, 5.41) is 0. The third-order valence-corrected chi connectivity index (χ3v) is 4.77. The van der Waals surface area contributed by atoms with Crippen LogP contribution in [0.15, 0.2) is 72.9 Å². The van der Waals surface area contributed by atoms with E-state index in [9.17, 15) is 4.79 Å². The number of pyridine rings is 1. The monoisotopic (exact) mass is 370 g/mol. The highest BCUT2D eigenvalue weighted by atomic mass is 16.2. The van der Waals surface area contributed by atoms with Crippen molar-refractivity contribution in [2.24, 2.45) is 0 Å². The van der Waals surface area contributed by atoms with Gasteiger partial charge in [-0.15, -0.1) is 0 Å². The summed E-state index contributed by atoms with van der Waals surface area (Å²) in [5.74, 6) is 0.740. The summed E-state index contributed by atoms with van der Waals surface area (Å²) in [4.78, 5) is 23.3. The molecule has 2 aromatic carbocycles. The summed E-state index contributed by atoms with van der Waals surface area (Å²) in [6, 6.07) is 21.9. The van der Waals surface area contributed by atoms with Crippen molar-refractivity contribution in [1.82, 2.24) is 19.4 Å². The van der Waals surface area contributed by atoms with Gasteiger partial charge in [-0.2, -0.15) is 0 Å². The minimum Gasteiger partial charge on any atom is -0.333 e. The van der Waals surface area contributed by atoms with Crippen LogP contribution in [0.4, 0.5) is 0 Å². The van der Waals surface area contributed by atoms with Gasteiger partial charge in [0.05, 0.1) is 17.6 Å². The number of rotatable bonds is 5. The first-order valence-corrected chi connectivity index (χ1v) is 9.28. The van der Waals surface area contributed by atoms with E-state index in [0.717, 1.165) is 16.9 Å². The average molecular weight is 370 g/mol. The van der Waals surface area contributed by atoms with Crippen LogP contribution < -0.4 is 0 Å². The van der Waals surface area contributed by atoms with Gasteiger partial charge in [-0.25, -0.2) is 4.98 Å². The molecule has 0 radical (unpaired) electrons. The maximum Gasteiger partial charge on any atom is 0.272 e. The van der Waals surface area contributed by atoms with E-state index in [1.165, 1.54) is 11.1 Å². The number of hydrogen-bond donors (Lipinski definition) is 0. The van der Waals surface area contributed by atoms with E-state index in [4.69, 9.17) is 4.98 Å². The van der Waals surface area contributed by atoms with Gasteiger partial charge in [0.2, 0.25) is 0 Å². The van der Waals surface area contributed by atoms with Gasteiger partial charge in [0.25, 0.3) is 5.91 Å². The summed E-state index contributed by atoms with van der Waals surface area (Å²) in [6.45, 7) is 3.22. The minimum absolute atomic E-state index is 0.116. The lowest BCUT2D eigenvalue weighted by molar-refractivity contribution is 0.0774. The van der Waals surface area contributed by atoms with Crippen LogP contribution in [0.25, 0.3) is 11.0 Å². The van der Waals surface area contributed by atoms with Crippen LogP contribution in [0.2, 0.25) is 0 Å². The lowest BCUT2D eigenvalue weighted by Gasteiger charge is -2.18. The Balaban J connectivity index is 1.67. The van der Waals surface area contributed by atoms with Crippen molar-refractivity contribution in [2.45, 2.75) is 20.0 Å². The fourth-order valence-corrected chi connectivity index (χ4v) is 3.38. The molecular formula is C23H22N4O. The molecule has 0 spiro atoms. The van der Waals surface area contributed by atoms with Crippen molar-refractivity contribution < 1.29 is 4.79 Å². The second-order valence-electron chi connectivity index (χ2n) is 6.97. The van der Waals surface area contributed by atoms with Crippen molar-refractivity contribution in [1.29, 1.82) is 0 Å². The molecular weight excluding hydrogens is 348 g/mol. The summed E-state index contributed by atoms with van der Waals surface area (Å²) in [6.07, 6.45) is 1.63. The number of carbonyl (C=O) groups excluding carboxylic acids is 1. The summed E-state index contributed by atoms with van der Waals surface area (Å²) < 4.78 is 2.19. The smallest absolute Gasteiger partial charge is 0.272 e. The number of benzene rings is 2. The van der Waals surface area contributed by atoms with Crippen molar-refractivity contribution in [3.63, 3.8) is 0 Å². The highest BCUT2D eigenvalue weighted by Crippen LogP contribution is 2.20. The fourth-order valence-electron chi connectivity index (χ4n) is 3.38. The zero-order valence-corrected chi connectivity index (χ0v) is 16.0. The molecule has 0 fully saturated rings. The third-order valence-electron chi connectivity index (χ3n) is 4.77. The SMILES string of the molecule is Cc1cccc(Cn2c(CN(C)C(=O)c3ccccn3)nc3ccccc32)c1. The molecule has 0 aliphatic carbocycles. The van der Waals surface area contributed by atoms with Crippen LogP contribution >= 0.6 is 0 Å². The lowest BCUT2D eigenvalue weighted by atomic mass is 10.1. The first-order valence-electron chi connectivity index (χ1n) is 9.28. The van der Waals surface area contributed by atoms with Gasteiger partial charge in [-0.1, -0.05) is 48.0 Å². The molecule has 2 aromatic heterocycles. The van der Waals surface area contributed by atoms with E-state index in [0.29, 0.717) is 18.8 Å². The molecule has 28 heavy (non-hydrogen) atoms. The van der Waals surface area contributed by atoms with E-state index in [1.54, 1.807) is 30.3 Å². The second kappa shape index (κ2) is 7.64. The number of imidazole rings is 1. The summed E-state index contributed by atoms with van der Waals surface area (Å²) in [7, 11) is 1.79. The maximum atomic E-state index is 12.7. The van der Waals surface area contributed by atoms with Gasteiger partial charge in [0.15, 0.2) is 0 Å². The normalized spacial score (nSPS) is 10.9. The number of aromatic nitrogens is 3. The molecule has 0 aliphatic rings. The van der Waals surface area contributed by atoms with E-state index < -0.39 is 0 Å². The van der Waals surface area contributed by atoms with Crippen molar-refractivity contribution in [3.05, 3.63) is 95.6 Å². The Bertz CT molecular complexity index is 1120. The average Bonchev–Trinajstić information content (AvgIpc) is 3.05. The zero-order chi connectivity index (χ0) is 19.5. The molecule has 1 amide bonds. The van der Waals surface area contributed by atoms with Crippen molar-refractivity contribution >= 4 is 16.9 Å². The van der Waals surface area contributed by atoms with E-state index >= 15 is 0 Å². The molecule has 4 rings (SSSR count). The van der Waals surface area contributed by atoms with E-state index in [1.807, 2.05) is 24.3 Å².